The summed E-state index contributed by atoms with van der Waals surface area (Å²) in [5.41, 5.74) is 0. The van der Waals surface area contributed by atoms with Gasteiger partial charge in [0.25, 0.3) is 0 Å². The van der Waals surface area contributed by atoms with E-state index >= 15 is 0 Å². The number of nitrogens with zero attached hydrogens (tertiary/aromatic N) is 3. The number of aromatic nitrogens is 3. The van der Waals surface area contributed by atoms with Crippen molar-refractivity contribution in [2.75, 3.05) is 32.0 Å². The Bertz CT molecular complexity index is 955. The van der Waals surface area contributed by atoms with Crippen LogP contribution in [-0.2, 0) is 14.8 Å². The Balaban J connectivity index is 1.62. The molecule has 1 atom stereocenters. The predicted octanol–water partition coefficient (Wildman–Crippen LogP) is 2.17. The van der Waals surface area contributed by atoms with Gasteiger partial charge in [0, 0.05) is 30.4 Å². The van der Waals surface area contributed by atoms with Gasteiger partial charge in [-0.05, 0) is 38.0 Å². The number of carbonyl (C=O) groups is 1. The van der Waals surface area contributed by atoms with Gasteiger partial charge in [0.05, 0.1) is 12.5 Å². The molecule has 2 aromatic rings. The summed E-state index contributed by atoms with van der Waals surface area (Å²) in [6.07, 6.45) is 2.67. The van der Waals surface area contributed by atoms with E-state index in [0.29, 0.717) is 48.5 Å². The molecule has 9 nitrogen and oxygen atoms in total. The summed E-state index contributed by atoms with van der Waals surface area (Å²) < 4.78 is 33.3. The zero-order chi connectivity index (χ0) is 21.6. The molecule has 1 fully saturated rings. The van der Waals surface area contributed by atoms with E-state index in [9.17, 15) is 13.2 Å². The number of hydrogen-bond acceptors (Lipinski definition) is 7. The number of thioether (sulfide) groups is 1. The van der Waals surface area contributed by atoms with E-state index in [-0.39, 0.29) is 23.1 Å². The van der Waals surface area contributed by atoms with Gasteiger partial charge in [-0.15, -0.1) is 0 Å². The second-order valence-corrected chi connectivity index (χ2v) is 10.1. The molecule has 1 aromatic heterocycles. The standard InChI is InChI=1S/C18H24ClN5O4S2/c1-2-28-15-6-5-14(19)10-16(15)30(26,27)24-8-3-4-13(11-24)17(25)20-7-9-29-18-21-12-22-23-18/h5-6,10,12-13H,2-4,7-9,11H2,1H3,(H,20,25)(H,21,22,23)/t13-/m0/s1. The quantitative estimate of drug-likeness (QED) is 0.423. The van der Waals surface area contributed by atoms with Crippen LogP contribution in [0.15, 0.2) is 34.6 Å². The first kappa shape index (κ1) is 22.9. The van der Waals surface area contributed by atoms with E-state index in [0.717, 1.165) is 0 Å². The third kappa shape index (κ3) is 5.65. The Hall–Kier alpha value is -1.82. The Labute approximate surface area is 185 Å². The molecule has 0 saturated carbocycles. The first-order chi connectivity index (χ1) is 14.4. The van der Waals surface area contributed by atoms with Crippen molar-refractivity contribution in [3.05, 3.63) is 29.5 Å². The molecule has 1 aliphatic rings. The predicted molar refractivity (Wildman–Crippen MR) is 114 cm³/mol. The fourth-order valence-electron chi connectivity index (χ4n) is 3.20. The summed E-state index contributed by atoms with van der Waals surface area (Å²) >= 11 is 7.48. The maximum atomic E-state index is 13.2. The minimum absolute atomic E-state index is 0.0290. The summed E-state index contributed by atoms with van der Waals surface area (Å²) in [5, 5.41) is 10.4. The Morgan fingerprint density at radius 2 is 2.30 bits per heavy atom. The van der Waals surface area contributed by atoms with Gasteiger partial charge in [0.1, 0.15) is 17.0 Å². The number of amides is 1. The van der Waals surface area contributed by atoms with Crippen LogP contribution in [0.4, 0.5) is 0 Å². The number of nitrogens with one attached hydrogen (secondary N) is 2. The van der Waals surface area contributed by atoms with Crippen molar-refractivity contribution < 1.29 is 17.9 Å². The molecule has 0 unspecified atom stereocenters. The highest BCUT2D eigenvalue weighted by atomic mass is 35.5. The molecule has 164 valence electrons. The lowest BCUT2D eigenvalue weighted by molar-refractivity contribution is -0.125. The number of benzene rings is 1. The summed E-state index contributed by atoms with van der Waals surface area (Å²) in [6, 6.07) is 4.54. The van der Waals surface area contributed by atoms with E-state index in [1.165, 1.54) is 28.5 Å². The number of sulfonamides is 1. The number of hydrogen-bond donors (Lipinski definition) is 2. The molecule has 2 heterocycles. The summed E-state index contributed by atoms with van der Waals surface area (Å²) in [5.74, 6) is 0.344. The summed E-state index contributed by atoms with van der Waals surface area (Å²) in [6.45, 7) is 3.05. The lowest BCUT2D eigenvalue weighted by atomic mass is 9.99. The summed E-state index contributed by atoms with van der Waals surface area (Å²) in [4.78, 5) is 16.6. The molecule has 2 N–H and O–H groups in total. The van der Waals surface area contributed by atoms with Gasteiger partial charge in [0.2, 0.25) is 15.9 Å². The monoisotopic (exact) mass is 473 g/mol. The van der Waals surface area contributed by atoms with Crippen LogP contribution < -0.4 is 10.1 Å². The molecule has 12 heteroatoms. The first-order valence-corrected chi connectivity index (χ1v) is 12.4. The molecule has 0 aliphatic carbocycles. The van der Waals surface area contributed by atoms with Gasteiger partial charge in [-0.3, -0.25) is 9.89 Å². The van der Waals surface area contributed by atoms with Crippen molar-refractivity contribution >= 4 is 39.3 Å². The van der Waals surface area contributed by atoms with Gasteiger partial charge < -0.3 is 10.1 Å². The van der Waals surface area contributed by atoms with Crippen LogP contribution in [0, 0.1) is 5.92 Å². The van der Waals surface area contributed by atoms with Crippen molar-refractivity contribution in [3.8, 4) is 5.75 Å². The first-order valence-electron chi connectivity index (χ1n) is 9.60. The van der Waals surface area contributed by atoms with E-state index in [2.05, 4.69) is 20.5 Å². The van der Waals surface area contributed by atoms with Crippen LogP contribution >= 0.6 is 23.4 Å². The molecule has 30 heavy (non-hydrogen) atoms. The van der Waals surface area contributed by atoms with E-state index < -0.39 is 15.9 Å². The highest BCUT2D eigenvalue weighted by molar-refractivity contribution is 7.99. The Morgan fingerprint density at radius 3 is 3.03 bits per heavy atom. The van der Waals surface area contributed by atoms with Crippen LogP contribution in [0.3, 0.4) is 0 Å². The molecule has 1 amide bonds. The molecule has 3 rings (SSSR count). The lowest BCUT2D eigenvalue weighted by Crippen LogP contribution is -2.45. The number of piperidine rings is 1. The average molecular weight is 474 g/mol. The maximum absolute atomic E-state index is 13.2. The highest BCUT2D eigenvalue weighted by Gasteiger charge is 2.35. The van der Waals surface area contributed by atoms with Gasteiger partial charge in [-0.1, -0.05) is 23.4 Å². The fraction of sp³-hybridized carbons (Fsp3) is 0.500. The fourth-order valence-corrected chi connectivity index (χ4v) is 5.76. The van der Waals surface area contributed by atoms with Gasteiger partial charge in [-0.2, -0.15) is 9.40 Å². The number of halogens is 1. The van der Waals surface area contributed by atoms with Crippen molar-refractivity contribution in [1.29, 1.82) is 0 Å². The molecule has 0 radical (unpaired) electrons. The van der Waals surface area contributed by atoms with Crippen LogP contribution in [0.5, 0.6) is 5.75 Å². The molecule has 1 aliphatic heterocycles. The van der Waals surface area contributed by atoms with Crippen LogP contribution in [0.2, 0.25) is 5.02 Å². The maximum Gasteiger partial charge on any atom is 0.246 e. The highest BCUT2D eigenvalue weighted by Crippen LogP contribution is 2.32. The molecule has 1 saturated heterocycles. The van der Waals surface area contributed by atoms with Crippen molar-refractivity contribution in [2.24, 2.45) is 5.92 Å². The van der Waals surface area contributed by atoms with Crippen LogP contribution in [0.1, 0.15) is 19.8 Å². The molecule has 0 spiro atoms. The zero-order valence-electron chi connectivity index (χ0n) is 16.5. The van der Waals surface area contributed by atoms with Crippen LogP contribution in [-0.4, -0.2) is 65.8 Å². The number of aromatic amines is 1. The third-order valence-corrected chi connectivity index (χ3v) is 7.61. The molecule has 0 bridgehead atoms. The molecular weight excluding hydrogens is 450 g/mol. The second kappa shape index (κ2) is 10.5. The van der Waals surface area contributed by atoms with E-state index in [1.54, 1.807) is 19.1 Å². The minimum atomic E-state index is -3.84. The van der Waals surface area contributed by atoms with Gasteiger partial charge >= 0.3 is 0 Å². The second-order valence-electron chi connectivity index (χ2n) is 6.66. The zero-order valence-corrected chi connectivity index (χ0v) is 18.9. The van der Waals surface area contributed by atoms with Crippen molar-refractivity contribution in [3.63, 3.8) is 0 Å². The van der Waals surface area contributed by atoms with E-state index in [4.69, 9.17) is 16.3 Å². The van der Waals surface area contributed by atoms with Crippen molar-refractivity contribution in [1.82, 2.24) is 24.8 Å². The SMILES string of the molecule is CCOc1ccc(Cl)cc1S(=O)(=O)N1CCC[C@H](C(=O)NCCSc2ncn[nH]2)C1. The van der Waals surface area contributed by atoms with E-state index in [1.807, 2.05) is 0 Å². The summed E-state index contributed by atoms with van der Waals surface area (Å²) in [7, 11) is -3.84. The smallest absolute Gasteiger partial charge is 0.246 e. The number of ether oxygens (including phenoxy) is 1. The topological polar surface area (TPSA) is 117 Å². The van der Waals surface area contributed by atoms with Gasteiger partial charge in [-0.25, -0.2) is 13.4 Å². The Morgan fingerprint density at radius 1 is 1.47 bits per heavy atom. The molecule has 1 aromatic carbocycles. The van der Waals surface area contributed by atoms with Gasteiger partial charge in [0.15, 0.2) is 5.16 Å². The minimum Gasteiger partial charge on any atom is -0.492 e. The van der Waals surface area contributed by atoms with Crippen molar-refractivity contribution in [2.45, 2.75) is 29.8 Å². The average Bonchev–Trinajstić information content (AvgIpc) is 3.26. The largest absolute Gasteiger partial charge is 0.492 e. The lowest BCUT2D eigenvalue weighted by Gasteiger charge is -2.31. The molecular formula is C18H24ClN5O4S2. The normalized spacial score (nSPS) is 17.6. The Kier molecular flexibility index (Phi) is 7.98. The number of rotatable bonds is 9. The van der Waals surface area contributed by atoms with Crippen LogP contribution in [0.25, 0.3) is 0 Å². The number of carbonyl (C=O) groups excluding carboxylic acids is 1. The third-order valence-electron chi connectivity index (χ3n) is 4.61. The number of H-pyrrole nitrogens is 1.